The molecule has 0 radical (unpaired) electrons. The minimum Gasteiger partial charge on any atom is -0.289 e. The van der Waals surface area contributed by atoms with E-state index in [1.54, 1.807) is 36.0 Å². The summed E-state index contributed by atoms with van der Waals surface area (Å²) >= 11 is 1.66. The monoisotopic (exact) mass is 294 g/mol. The average molecular weight is 294 g/mol. The van der Waals surface area contributed by atoms with E-state index in [0.717, 1.165) is 10.5 Å². The number of fused-ring (bicyclic) bond motifs is 1. The molecule has 0 amide bonds. The molecule has 0 aliphatic heterocycles. The molecule has 0 unspecified atom stereocenters. The van der Waals surface area contributed by atoms with Crippen molar-refractivity contribution >= 4 is 23.3 Å². The second-order valence-corrected chi connectivity index (χ2v) is 5.82. The highest BCUT2D eigenvalue weighted by Crippen LogP contribution is 2.24. The van der Waals surface area contributed by atoms with Gasteiger partial charge in [0.2, 0.25) is 0 Å². The molecule has 3 rings (SSSR count). The van der Waals surface area contributed by atoms with Crippen LogP contribution in [0.25, 0.3) is 0 Å². The highest BCUT2D eigenvalue weighted by atomic mass is 32.2. The van der Waals surface area contributed by atoms with Crippen molar-refractivity contribution in [2.45, 2.75) is 11.3 Å². The van der Waals surface area contributed by atoms with Crippen LogP contribution in [0.5, 0.6) is 0 Å². The van der Waals surface area contributed by atoms with Gasteiger partial charge in [-0.25, -0.2) is 0 Å². The molecular formula is C18H14O2S. The molecular weight excluding hydrogens is 280 g/mol. The highest BCUT2D eigenvalue weighted by molar-refractivity contribution is 7.98. The summed E-state index contributed by atoms with van der Waals surface area (Å²) in [6.45, 7) is 0. The molecule has 104 valence electrons. The number of allylic oxidation sites excluding steroid dienone is 2. The Labute approximate surface area is 127 Å². The van der Waals surface area contributed by atoms with Gasteiger partial charge >= 0.3 is 0 Å². The molecule has 0 spiro atoms. The molecule has 0 N–H and O–H groups in total. The van der Waals surface area contributed by atoms with Crippen molar-refractivity contribution < 1.29 is 9.59 Å². The fourth-order valence-electron chi connectivity index (χ4n) is 2.50. The Morgan fingerprint density at radius 3 is 2.48 bits per heavy atom. The first kappa shape index (κ1) is 13.8. The van der Waals surface area contributed by atoms with E-state index < -0.39 is 0 Å². The van der Waals surface area contributed by atoms with Gasteiger partial charge in [-0.1, -0.05) is 36.4 Å². The zero-order valence-electron chi connectivity index (χ0n) is 11.6. The van der Waals surface area contributed by atoms with Gasteiger partial charge in [0.25, 0.3) is 0 Å². The summed E-state index contributed by atoms with van der Waals surface area (Å²) in [5, 5.41) is 0. The van der Waals surface area contributed by atoms with E-state index in [2.05, 4.69) is 6.07 Å². The summed E-state index contributed by atoms with van der Waals surface area (Å²) in [7, 11) is 0. The van der Waals surface area contributed by atoms with Crippen LogP contribution in [0.4, 0.5) is 0 Å². The molecule has 0 fully saturated rings. The first-order valence-electron chi connectivity index (χ1n) is 6.70. The van der Waals surface area contributed by atoms with Gasteiger partial charge < -0.3 is 0 Å². The molecule has 2 aromatic rings. The van der Waals surface area contributed by atoms with Crippen LogP contribution in [0.2, 0.25) is 0 Å². The van der Waals surface area contributed by atoms with Crippen molar-refractivity contribution in [3.63, 3.8) is 0 Å². The lowest BCUT2D eigenvalue weighted by Crippen LogP contribution is -2.18. The van der Waals surface area contributed by atoms with E-state index in [4.69, 9.17) is 0 Å². The predicted molar refractivity (Wildman–Crippen MR) is 85.1 cm³/mol. The molecule has 0 bridgehead atoms. The molecule has 0 heterocycles. The van der Waals surface area contributed by atoms with Crippen molar-refractivity contribution in [2.75, 3.05) is 6.26 Å². The topological polar surface area (TPSA) is 34.1 Å². The SMILES string of the molecule is CSc1cccc(CC2=CC(=O)c3ccccc3C2=O)c1. The Morgan fingerprint density at radius 2 is 1.71 bits per heavy atom. The van der Waals surface area contributed by atoms with Crippen LogP contribution in [-0.2, 0) is 6.42 Å². The quantitative estimate of drug-likeness (QED) is 0.804. The lowest BCUT2D eigenvalue weighted by molar-refractivity contribution is 0.0982. The Kier molecular flexibility index (Phi) is 3.76. The first-order chi connectivity index (χ1) is 10.2. The molecule has 1 aliphatic carbocycles. The van der Waals surface area contributed by atoms with Gasteiger partial charge in [-0.3, -0.25) is 9.59 Å². The summed E-state index contributed by atoms with van der Waals surface area (Å²) in [5.41, 5.74) is 2.63. The largest absolute Gasteiger partial charge is 0.289 e. The summed E-state index contributed by atoms with van der Waals surface area (Å²) in [6, 6.07) is 15.1. The van der Waals surface area contributed by atoms with Gasteiger partial charge in [-0.15, -0.1) is 11.8 Å². The Balaban J connectivity index is 1.93. The number of carbonyl (C=O) groups is 2. The predicted octanol–water partition coefficient (Wildman–Crippen LogP) is 3.96. The van der Waals surface area contributed by atoms with Gasteiger partial charge in [0.05, 0.1) is 0 Å². The van der Waals surface area contributed by atoms with Crippen molar-refractivity contribution in [1.82, 2.24) is 0 Å². The van der Waals surface area contributed by atoms with Crippen molar-refractivity contribution in [3.8, 4) is 0 Å². The normalized spacial score (nSPS) is 13.9. The Morgan fingerprint density at radius 1 is 0.952 bits per heavy atom. The van der Waals surface area contributed by atoms with Crippen molar-refractivity contribution in [1.29, 1.82) is 0 Å². The minimum absolute atomic E-state index is 0.0419. The number of Topliss-reactive ketones (excluding diaryl/α,β-unsaturated/α-hetero) is 1. The molecule has 3 heteroatoms. The van der Waals surface area contributed by atoms with Crippen LogP contribution in [0, 0.1) is 0 Å². The fraction of sp³-hybridized carbons (Fsp3) is 0.111. The number of hydrogen-bond donors (Lipinski definition) is 0. The van der Waals surface area contributed by atoms with Crippen LogP contribution in [0.3, 0.4) is 0 Å². The van der Waals surface area contributed by atoms with Crippen LogP contribution in [0.1, 0.15) is 26.3 Å². The standard InChI is InChI=1S/C18H14O2S/c1-21-14-6-4-5-12(10-14)9-13-11-17(19)15-7-2-3-8-16(15)18(13)20/h2-8,10-11H,9H2,1H3. The van der Waals surface area contributed by atoms with Gasteiger partial charge in [0, 0.05) is 28.0 Å². The zero-order valence-corrected chi connectivity index (χ0v) is 12.4. The van der Waals surface area contributed by atoms with E-state index in [0.29, 0.717) is 23.1 Å². The number of benzene rings is 2. The Bertz CT molecular complexity index is 759. The maximum atomic E-state index is 12.5. The minimum atomic E-state index is -0.0822. The van der Waals surface area contributed by atoms with Gasteiger partial charge in [-0.2, -0.15) is 0 Å². The fourth-order valence-corrected chi connectivity index (χ4v) is 2.99. The number of thioether (sulfide) groups is 1. The number of rotatable bonds is 3. The number of ketones is 2. The number of carbonyl (C=O) groups excluding carboxylic acids is 2. The van der Waals surface area contributed by atoms with Crippen LogP contribution < -0.4 is 0 Å². The van der Waals surface area contributed by atoms with Crippen molar-refractivity contribution in [3.05, 3.63) is 76.9 Å². The van der Waals surface area contributed by atoms with E-state index in [-0.39, 0.29) is 11.6 Å². The van der Waals surface area contributed by atoms with E-state index >= 15 is 0 Å². The average Bonchev–Trinajstić information content (AvgIpc) is 2.52. The molecule has 2 nitrogen and oxygen atoms in total. The lowest BCUT2D eigenvalue weighted by atomic mass is 9.87. The van der Waals surface area contributed by atoms with E-state index in [1.807, 2.05) is 24.5 Å². The third-order valence-electron chi connectivity index (χ3n) is 3.56. The highest BCUT2D eigenvalue weighted by Gasteiger charge is 2.24. The molecule has 0 saturated carbocycles. The molecule has 0 aromatic heterocycles. The summed E-state index contributed by atoms with van der Waals surface area (Å²) < 4.78 is 0. The van der Waals surface area contributed by atoms with Gasteiger partial charge in [0.1, 0.15) is 0 Å². The zero-order chi connectivity index (χ0) is 14.8. The van der Waals surface area contributed by atoms with Crippen molar-refractivity contribution in [2.24, 2.45) is 0 Å². The molecule has 2 aromatic carbocycles. The smallest absolute Gasteiger partial charge is 0.190 e. The molecule has 0 saturated heterocycles. The van der Waals surface area contributed by atoms with Gasteiger partial charge in [-0.05, 0) is 30.0 Å². The summed E-state index contributed by atoms with van der Waals surface area (Å²) in [6.07, 6.45) is 3.99. The van der Waals surface area contributed by atoms with Crippen LogP contribution in [-0.4, -0.2) is 17.8 Å². The molecule has 0 atom stereocenters. The van der Waals surface area contributed by atoms with E-state index in [9.17, 15) is 9.59 Å². The number of hydrogen-bond acceptors (Lipinski definition) is 3. The third-order valence-corrected chi connectivity index (χ3v) is 4.29. The van der Waals surface area contributed by atoms with E-state index in [1.165, 1.54) is 6.08 Å². The first-order valence-corrected chi connectivity index (χ1v) is 7.93. The molecule has 1 aliphatic rings. The maximum Gasteiger partial charge on any atom is 0.190 e. The maximum absolute atomic E-state index is 12.5. The second-order valence-electron chi connectivity index (χ2n) is 4.94. The Hall–Kier alpha value is -2.13. The lowest BCUT2D eigenvalue weighted by Gasteiger charge is -2.15. The molecule has 21 heavy (non-hydrogen) atoms. The third kappa shape index (κ3) is 2.69. The van der Waals surface area contributed by atoms with Crippen LogP contribution >= 0.6 is 11.8 Å². The summed E-state index contributed by atoms with van der Waals surface area (Å²) in [5.74, 6) is -0.124. The summed E-state index contributed by atoms with van der Waals surface area (Å²) in [4.78, 5) is 25.8. The second kappa shape index (κ2) is 5.70. The van der Waals surface area contributed by atoms with Crippen LogP contribution in [0.15, 0.2) is 65.1 Å². The van der Waals surface area contributed by atoms with Gasteiger partial charge in [0.15, 0.2) is 11.6 Å².